The van der Waals surface area contributed by atoms with Gasteiger partial charge in [0, 0.05) is 44.7 Å². The number of aliphatic carboxylic acids is 1. The van der Waals surface area contributed by atoms with Gasteiger partial charge in [0.05, 0.1) is 0 Å². The van der Waals surface area contributed by atoms with Crippen LogP contribution in [0.4, 0.5) is 10.5 Å². The third kappa shape index (κ3) is 8.93. The fourth-order valence-electron chi connectivity index (χ4n) is 2.64. The molecule has 2 aromatic carbocycles. The molecule has 0 fully saturated rings. The monoisotopic (exact) mass is 512 g/mol. The maximum absolute atomic E-state index is 11.9. The molecule has 32 heavy (non-hydrogen) atoms. The fourth-order valence-corrected chi connectivity index (χ4v) is 2.64. The van der Waals surface area contributed by atoms with Crippen molar-refractivity contribution >= 4 is 17.7 Å². The molecular formula is C24H27N2O5Y-. The molecule has 1 heterocycles. The normalized spacial score (nSPS) is 10.8. The van der Waals surface area contributed by atoms with Crippen LogP contribution in [0, 0.1) is 13.8 Å². The number of anilines is 1. The largest absolute Gasteiger partial charge is 0.481 e. The van der Waals surface area contributed by atoms with E-state index in [9.17, 15) is 9.59 Å². The molecule has 3 rings (SSSR count). The predicted octanol–water partition coefficient (Wildman–Crippen LogP) is 5.49. The van der Waals surface area contributed by atoms with Crippen molar-refractivity contribution < 1.29 is 56.7 Å². The Hall–Kier alpha value is -2.51. The molecule has 0 saturated carbocycles. The minimum Gasteiger partial charge on any atom is -0.481 e. The molecule has 1 aromatic heterocycles. The van der Waals surface area contributed by atoms with Gasteiger partial charge in [0.1, 0.15) is 11.4 Å². The molecule has 0 aliphatic rings. The van der Waals surface area contributed by atoms with Crippen molar-refractivity contribution in [2.45, 2.75) is 39.7 Å². The van der Waals surface area contributed by atoms with Gasteiger partial charge in [-0.3, -0.25) is 10.1 Å². The first kappa shape index (κ1) is 27.5. The third-order valence-corrected chi connectivity index (χ3v) is 4.18. The summed E-state index contributed by atoms with van der Waals surface area (Å²) < 4.78 is 10.3. The van der Waals surface area contributed by atoms with Crippen LogP contribution < -0.4 is 5.32 Å². The summed E-state index contributed by atoms with van der Waals surface area (Å²) in [6.07, 6.45) is 0.0502. The van der Waals surface area contributed by atoms with E-state index in [1.807, 2.05) is 42.5 Å². The number of carboxylic acids is 1. The van der Waals surface area contributed by atoms with Gasteiger partial charge in [-0.2, -0.15) is 0 Å². The second-order valence-corrected chi connectivity index (χ2v) is 6.91. The molecule has 1 amide bonds. The van der Waals surface area contributed by atoms with Crippen molar-refractivity contribution in [1.82, 2.24) is 5.16 Å². The van der Waals surface area contributed by atoms with E-state index in [2.05, 4.69) is 29.5 Å². The number of benzene rings is 2. The van der Waals surface area contributed by atoms with Crippen molar-refractivity contribution in [3.05, 3.63) is 78.4 Å². The van der Waals surface area contributed by atoms with E-state index in [-0.39, 0.29) is 39.1 Å². The molecule has 0 bridgehead atoms. The molecule has 0 aliphatic heterocycles. The first-order valence-corrected chi connectivity index (χ1v) is 9.92. The Kier molecular flexibility index (Phi) is 11.9. The number of carboxylic acid groups (broad SMARTS) is 1. The smallest absolute Gasteiger partial charge is 0.409 e. The summed E-state index contributed by atoms with van der Waals surface area (Å²) in [7, 11) is 0. The van der Waals surface area contributed by atoms with Crippen LogP contribution >= 0.6 is 0 Å². The summed E-state index contributed by atoms with van der Waals surface area (Å²) in [5.41, 5.74) is 4.38. The molecule has 1 unspecified atom stereocenters. The number of nitrogens with zero attached hydrogens (tertiary/aromatic N) is 1. The van der Waals surface area contributed by atoms with Gasteiger partial charge < -0.3 is 21.3 Å². The Morgan fingerprint density at radius 2 is 1.69 bits per heavy atom. The van der Waals surface area contributed by atoms with Gasteiger partial charge in [-0.15, -0.1) is 0 Å². The van der Waals surface area contributed by atoms with Gasteiger partial charge in [0.25, 0.3) is 0 Å². The SMILES string of the molecule is CCC(=O)O.[CH2-]C(C)OC(=O)Nc1c(-c2ccc(Cc3ccccc3)cc2)noc1C.[Y]. The zero-order valence-corrected chi connectivity index (χ0v) is 21.3. The maximum atomic E-state index is 11.9. The Morgan fingerprint density at radius 1 is 1.12 bits per heavy atom. The van der Waals surface area contributed by atoms with Crippen molar-refractivity contribution in [3.63, 3.8) is 0 Å². The van der Waals surface area contributed by atoms with Crippen molar-refractivity contribution in [3.8, 4) is 11.3 Å². The van der Waals surface area contributed by atoms with E-state index in [1.54, 1.807) is 20.8 Å². The molecule has 1 atom stereocenters. The molecule has 7 nitrogen and oxygen atoms in total. The van der Waals surface area contributed by atoms with Crippen LogP contribution in [-0.4, -0.2) is 28.4 Å². The summed E-state index contributed by atoms with van der Waals surface area (Å²) in [5, 5.41) is 14.5. The second-order valence-electron chi connectivity index (χ2n) is 6.91. The number of hydrogen-bond acceptors (Lipinski definition) is 5. The number of carbonyl (C=O) groups excluding carboxylic acids is 1. The minimum atomic E-state index is -0.745. The Morgan fingerprint density at radius 3 is 2.22 bits per heavy atom. The summed E-state index contributed by atoms with van der Waals surface area (Å²) >= 11 is 0. The quantitative estimate of drug-likeness (QED) is 0.424. The number of hydrogen-bond donors (Lipinski definition) is 2. The Labute approximate surface area is 213 Å². The number of rotatable bonds is 6. The molecular weight excluding hydrogens is 485 g/mol. The predicted molar refractivity (Wildman–Crippen MR) is 119 cm³/mol. The van der Waals surface area contributed by atoms with Crippen molar-refractivity contribution in [2.75, 3.05) is 5.32 Å². The number of amides is 1. The zero-order valence-electron chi connectivity index (χ0n) is 18.5. The standard InChI is InChI=1S/C21H21N2O3.C3H6O2.Y/c1-14(2)25-21(24)22-19-15(3)26-23-20(19)18-11-9-17(10-12-18)13-16-7-5-4-6-8-16;1-2-3(4)5;/h4-12,14H,1,13H2,2-3H3,(H,22,24);2H2,1H3,(H,4,5);/q-1;;. The van der Waals surface area contributed by atoms with Crippen LogP contribution in [0.3, 0.4) is 0 Å². The minimum absolute atomic E-state index is 0. The van der Waals surface area contributed by atoms with Gasteiger partial charge in [-0.1, -0.05) is 73.6 Å². The van der Waals surface area contributed by atoms with Crippen LogP contribution in [0.15, 0.2) is 59.1 Å². The summed E-state index contributed by atoms with van der Waals surface area (Å²) in [5.74, 6) is -0.230. The number of carbonyl (C=O) groups is 2. The molecule has 167 valence electrons. The van der Waals surface area contributed by atoms with Crippen molar-refractivity contribution in [1.29, 1.82) is 0 Å². The van der Waals surface area contributed by atoms with Crippen LogP contribution in [0.1, 0.15) is 37.2 Å². The van der Waals surface area contributed by atoms with E-state index < -0.39 is 18.2 Å². The van der Waals surface area contributed by atoms with Crippen LogP contribution in [0.2, 0.25) is 0 Å². The summed E-state index contributed by atoms with van der Waals surface area (Å²) in [6.45, 7) is 8.66. The first-order chi connectivity index (χ1) is 14.8. The van der Waals surface area contributed by atoms with E-state index in [0.717, 1.165) is 12.0 Å². The average Bonchev–Trinajstić information content (AvgIpc) is 3.09. The van der Waals surface area contributed by atoms with Gasteiger partial charge in [-0.25, -0.2) is 4.79 Å². The molecule has 0 spiro atoms. The van der Waals surface area contributed by atoms with Gasteiger partial charge in [0.2, 0.25) is 0 Å². The summed E-state index contributed by atoms with van der Waals surface area (Å²) in [6, 6.07) is 18.3. The third-order valence-electron chi connectivity index (χ3n) is 4.18. The van der Waals surface area contributed by atoms with E-state index in [0.29, 0.717) is 17.1 Å². The number of aryl methyl sites for hydroxylation is 1. The van der Waals surface area contributed by atoms with E-state index >= 15 is 0 Å². The average molecular weight is 512 g/mol. The van der Waals surface area contributed by atoms with Gasteiger partial charge in [0.15, 0.2) is 5.76 Å². The first-order valence-electron chi connectivity index (χ1n) is 9.92. The van der Waals surface area contributed by atoms with E-state index in [4.69, 9.17) is 14.4 Å². The van der Waals surface area contributed by atoms with E-state index in [1.165, 1.54) is 11.1 Å². The topological polar surface area (TPSA) is 102 Å². The van der Waals surface area contributed by atoms with Crippen LogP contribution in [0.5, 0.6) is 0 Å². The summed E-state index contributed by atoms with van der Waals surface area (Å²) in [4.78, 5) is 21.2. The van der Waals surface area contributed by atoms with Crippen LogP contribution in [0.25, 0.3) is 11.3 Å². The molecule has 8 heteroatoms. The number of ether oxygens (including phenoxy) is 1. The molecule has 3 aromatic rings. The molecule has 0 saturated heterocycles. The Bertz CT molecular complexity index is 985. The van der Waals surface area contributed by atoms with Crippen molar-refractivity contribution in [2.24, 2.45) is 0 Å². The fraction of sp³-hybridized carbons (Fsp3) is 0.250. The Balaban J connectivity index is 0.000000770. The maximum Gasteiger partial charge on any atom is 0.409 e. The zero-order chi connectivity index (χ0) is 22.8. The van der Waals surface area contributed by atoms with Gasteiger partial charge >= 0.3 is 12.1 Å². The second kappa shape index (κ2) is 13.8. The number of nitrogens with one attached hydrogen (secondary N) is 1. The molecule has 2 N–H and O–H groups in total. The van der Waals surface area contributed by atoms with Gasteiger partial charge in [-0.05, 0) is 30.6 Å². The molecule has 0 aliphatic carbocycles. The molecule has 1 radical (unpaired) electrons. The number of aromatic nitrogens is 1. The van der Waals surface area contributed by atoms with Crippen LogP contribution in [-0.2, 0) is 48.7 Å².